The van der Waals surface area contributed by atoms with Crippen LogP contribution in [0, 0.1) is 0 Å². The number of nitrogens with two attached hydrogens (primary N) is 1. The predicted molar refractivity (Wildman–Crippen MR) is 18.4 cm³/mol. The van der Waals surface area contributed by atoms with Crippen LogP contribution in [0.15, 0.2) is 0 Å². The molecule has 0 aromatic rings. The molecule has 0 rings (SSSR count). The van der Waals surface area contributed by atoms with E-state index in [1.807, 2.05) is 0 Å². The van der Waals surface area contributed by atoms with Crippen LogP contribution in [0.5, 0.6) is 0 Å². The van der Waals surface area contributed by atoms with Gasteiger partial charge in [-0.05, 0) is 0 Å². The summed E-state index contributed by atoms with van der Waals surface area (Å²) < 4.78 is 0. The van der Waals surface area contributed by atoms with Crippen molar-refractivity contribution in [3.63, 3.8) is 0 Å². The van der Waals surface area contributed by atoms with Gasteiger partial charge in [-0.1, -0.05) is 0 Å². The Morgan fingerprint density at radius 2 is 1.67 bits per heavy atom. The van der Waals surface area contributed by atoms with Crippen LogP contribution in [0.25, 0.3) is 0 Å². The Balaban J connectivity index is 3.17. The second kappa shape index (κ2) is 1.53. The third kappa shape index (κ3) is 3.84. The molecule has 0 bridgehead atoms. The van der Waals surface area contributed by atoms with Crippen molar-refractivity contribution < 1.29 is 15.3 Å². The molecule has 4 heteroatoms. The van der Waals surface area contributed by atoms with Gasteiger partial charge >= 0.3 is 0 Å². The van der Waals surface area contributed by atoms with Gasteiger partial charge in [0.1, 0.15) is 6.61 Å². The maximum Gasteiger partial charge on any atom is 0.244 e. The molecule has 0 aliphatic heterocycles. The molecule has 4 nitrogen and oxygen atoms in total. The van der Waals surface area contributed by atoms with Crippen molar-refractivity contribution in [2.75, 3.05) is 6.61 Å². The third-order valence-corrected chi connectivity index (χ3v) is 0.233. The Morgan fingerprint density at radius 1 is 1.50 bits per heavy atom. The number of aliphatic hydroxyl groups excluding tert-OH is 1. The first kappa shape index (κ1) is 5.84. The molecule has 0 saturated carbocycles. The summed E-state index contributed by atoms with van der Waals surface area (Å²) in [6.07, 6.45) is 0. The van der Waals surface area contributed by atoms with Gasteiger partial charge in [-0.2, -0.15) is 0 Å². The quantitative estimate of drug-likeness (QED) is 0.272. The molecule has 6 heavy (non-hydrogen) atoms. The molecule has 0 fully saturated rings. The summed E-state index contributed by atoms with van der Waals surface area (Å²) >= 11 is 0. The summed E-state index contributed by atoms with van der Waals surface area (Å²) in [5.74, 6) is -2.40. The molecule has 0 heterocycles. The van der Waals surface area contributed by atoms with Gasteiger partial charge in [-0.25, -0.2) is 0 Å². The van der Waals surface area contributed by atoms with Gasteiger partial charge in [0, 0.05) is 0 Å². The molecule has 0 aliphatic carbocycles. The highest BCUT2D eigenvalue weighted by molar-refractivity contribution is 4.45. The average Bonchev–Trinajstić information content (AvgIpc) is 1.35. The molecule has 0 aromatic heterocycles. The Kier molecular flexibility index (Phi) is 1.48. The highest BCUT2D eigenvalue weighted by Crippen LogP contribution is 1.78. The van der Waals surface area contributed by atoms with Gasteiger partial charge < -0.3 is 15.3 Å². The summed E-state index contributed by atoms with van der Waals surface area (Å²) in [6.45, 7) is -0.840. The standard InChI is InChI=1S/C2H7NO3/c3-2(5,6)1-4/h4-6H,1,3H2. The van der Waals surface area contributed by atoms with Crippen molar-refractivity contribution in [3.05, 3.63) is 0 Å². The van der Waals surface area contributed by atoms with Gasteiger partial charge in [-0.3, -0.25) is 5.73 Å². The van der Waals surface area contributed by atoms with E-state index in [4.69, 9.17) is 15.3 Å². The van der Waals surface area contributed by atoms with Crippen molar-refractivity contribution in [2.45, 2.75) is 5.91 Å². The molecule has 0 amide bonds. The molecule has 0 aliphatic rings. The lowest BCUT2D eigenvalue weighted by Crippen LogP contribution is -2.42. The summed E-state index contributed by atoms with van der Waals surface area (Å²) in [5.41, 5.74) is 4.40. The third-order valence-electron chi connectivity index (χ3n) is 0.233. The average molecular weight is 93.1 g/mol. The fourth-order valence-electron chi connectivity index (χ4n) is 0. The van der Waals surface area contributed by atoms with Gasteiger partial charge in [0.15, 0.2) is 0 Å². The molecular formula is C2H7NO3. The smallest absolute Gasteiger partial charge is 0.244 e. The summed E-state index contributed by atoms with van der Waals surface area (Å²) in [4.78, 5) is 0. The fourth-order valence-corrected chi connectivity index (χ4v) is 0. The van der Waals surface area contributed by atoms with E-state index >= 15 is 0 Å². The highest BCUT2D eigenvalue weighted by Gasteiger charge is 2.11. The summed E-state index contributed by atoms with van der Waals surface area (Å²) in [7, 11) is 0. The first-order valence-electron chi connectivity index (χ1n) is 1.41. The van der Waals surface area contributed by atoms with Crippen molar-refractivity contribution in [3.8, 4) is 0 Å². The lowest BCUT2D eigenvalue weighted by Gasteiger charge is -2.08. The number of aliphatic hydroxyl groups is 3. The van der Waals surface area contributed by atoms with Crippen LogP contribution in [-0.2, 0) is 0 Å². The normalized spacial score (nSPS) is 12.0. The number of hydrogen-bond acceptors (Lipinski definition) is 4. The Hall–Kier alpha value is -0.160. The molecule has 0 radical (unpaired) electrons. The fraction of sp³-hybridized carbons (Fsp3) is 1.00. The van der Waals surface area contributed by atoms with Crippen molar-refractivity contribution in [1.29, 1.82) is 0 Å². The van der Waals surface area contributed by atoms with Crippen LogP contribution < -0.4 is 5.73 Å². The maximum atomic E-state index is 7.91. The molecule has 0 spiro atoms. The Labute approximate surface area is 34.8 Å². The second-order valence-corrected chi connectivity index (χ2v) is 1.04. The molecular weight excluding hydrogens is 86.0 g/mol. The van der Waals surface area contributed by atoms with E-state index in [1.165, 1.54) is 0 Å². The molecule has 0 unspecified atom stereocenters. The summed E-state index contributed by atoms with van der Waals surface area (Å²) in [5, 5.41) is 23.6. The van der Waals surface area contributed by atoms with Crippen LogP contribution in [0.1, 0.15) is 0 Å². The predicted octanol–water partition coefficient (Wildman–Crippen LogP) is -2.42. The molecule has 0 saturated heterocycles. The maximum absolute atomic E-state index is 7.91. The Bertz CT molecular complexity index is 38.5. The van der Waals surface area contributed by atoms with Gasteiger partial charge in [0.2, 0.25) is 5.91 Å². The Morgan fingerprint density at radius 3 is 1.67 bits per heavy atom. The van der Waals surface area contributed by atoms with E-state index in [0.717, 1.165) is 0 Å². The largest absolute Gasteiger partial charge is 0.389 e. The molecule has 38 valence electrons. The van der Waals surface area contributed by atoms with E-state index in [0.29, 0.717) is 0 Å². The van der Waals surface area contributed by atoms with E-state index < -0.39 is 12.5 Å². The van der Waals surface area contributed by atoms with Crippen LogP contribution >= 0.6 is 0 Å². The second-order valence-electron chi connectivity index (χ2n) is 1.04. The van der Waals surface area contributed by atoms with E-state index in [-0.39, 0.29) is 0 Å². The van der Waals surface area contributed by atoms with Crippen molar-refractivity contribution in [2.24, 2.45) is 5.73 Å². The van der Waals surface area contributed by atoms with Crippen LogP contribution in [0.2, 0.25) is 0 Å². The summed E-state index contributed by atoms with van der Waals surface area (Å²) in [6, 6.07) is 0. The zero-order chi connectivity index (χ0) is 5.21. The van der Waals surface area contributed by atoms with Crippen LogP contribution in [0.3, 0.4) is 0 Å². The highest BCUT2D eigenvalue weighted by atomic mass is 16.5. The van der Waals surface area contributed by atoms with E-state index in [1.54, 1.807) is 0 Å². The lowest BCUT2D eigenvalue weighted by molar-refractivity contribution is -0.181. The lowest BCUT2D eigenvalue weighted by atomic mass is 10.6. The van der Waals surface area contributed by atoms with Crippen LogP contribution in [0.4, 0.5) is 0 Å². The van der Waals surface area contributed by atoms with Gasteiger partial charge in [0.05, 0.1) is 0 Å². The minimum Gasteiger partial charge on any atom is -0.389 e. The zero-order valence-corrected chi connectivity index (χ0v) is 3.13. The van der Waals surface area contributed by atoms with E-state index in [9.17, 15) is 0 Å². The zero-order valence-electron chi connectivity index (χ0n) is 3.13. The molecule has 0 atom stereocenters. The first-order chi connectivity index (χ1) is 2.56. The minimum atomic E-state index is -2.40. The number of hydrogen-bond donors (Lipinski definition) is 4. The van der Waals surface area contributed by atoms with E-state index in [2.05, 4.69) is 5.73 Å². The van der Waals surface area contributed by atoms with Gasteiger partial charge in [0.25, 0.3) is 0 Å². The molecule has 5 N–H and O–H groups in total. The van der Waals surface area contributed by atoms with Crippen molar-refractivity contribution >= 4 is 0 Å². The topological polar surface area (TPSA) is 86.7 Å². The first-order valence-corrected chi connectivity index (χ1v) is 1.41. The van der Waals surface area contributed by atoms with Gasteiger partial charge in [-0.15, -0.1) is 0 Å². The SMILES string of the molecule is NC(O)(O)CO. The minimum absolute atomic E-state index is 0.840. The van der Waals surface area contributed by atoms with Crippen LogP contribution in [-0.4, -0.2) is 27.8 Å². The van der Waals surface area contributed by atoms with Crippen molar-refractivity contribution in [1.82, 2.24) is 0 Å². The number of rotatable bonds is 1. The monoisotopic (exact) mass is 93.0 g/mol. The molecule has 0 aromatic carbocycles.